The molecule has 0 aliphatic rings. The lowest BCUT2D eigenvalue weighted by Crippen LogP contribution is -2.08. The molecule has 15 heavy (non-hydrogen) atoms. The Balaban J connectivity index is 2.33. The first-order valence-electron chi connectivity index (χ1n) is 5.97. The lowest BCUT2D eigenvalue weighted by molar-refractivity contribution is 0.654. The van der Waals surface area contributed by atoms with Crippen LogP contribution in [0.4, 0.5) is 0 Å². The molecule has 0 aromatic carbocycles. The van der Waals surface area contributed by atoms with Crippen LogP contribution in [0.2, 0.25) is 0 Å². The Morgan fingerprint density at radius 3 is 2.80 bits per heavy atom. The molecule has 0 amide bonds. The van der Waals surface area contributed by atoms with E-state index in [9.17, 15) is 0 Å². The Hall–Kier alpha value is -0.410. The van der Waals surface area contributed by atoms with E-state index in [0.717, 1.165) is 17.8 Å². The smallest absolute Gasteiger partial charge is 0.110 e. The number of rotatable bonds is 7. The summed E-state index contributed by atoms with van der Waals surface area (Å²) in [5, 5.41) is 3.26. The highest BCUT2D eigenvalue weighted by Crippen LogP contribution is 2.19. The van der Waals surface area contributed by atoms with Gasteiger partial charge in [-0.25, -0.2) is 4.98 Å². The average molecular weight is 226 g/mol. The van der Waals surface area contributed by atoms with Crippen LogP contribution in [0.3, 0.4) is 0 Å². The molecule has 0 fully saturated rings. The first kappa shape index (κ1) is 12.7. The molecule has 1 aromatic rings. The summed E-state index contributed by atoms with van der Waals surface area (Å²) in [5.74, 6) is 0. The van der Waals surface area contributed by atoms with Crippen molar-refractivity contribution in [1.29, 1.82) is 0 Å². The van der Waals surface area contributed by atoms with Crippen molar-refractivity contribution in [3.8, 4) is 0 Å². The maximum atomic E-state index is 5.93. The minimum absolute atomic E-state index is 0.138. The van der Waals surface area contributed by atoms with Gasteiger partial charge in [-0.05, 0) is 19.3 Å². The summed E-state index contributed by atoms with van der Waals surface area (Å²) in [5.41, 5.74) is 7.16. The zero-order valence-electron chi connectivity index (χ0n) is 9.83. The number of nitrogens with two attached hydrogens (primary N) is 1. The second-order valence-corrected chi connectivity index (χ2v) is 4.89. The van der Waals surface area contributed by atoms with Gasteiger partial charge in [0.15, 0.2) is 0 Å². The van der Waals surface area contributed by atoms with Crippen molar-refractivity contribution in [2.75, 3.05) is 0 Å². The molecule has 1 aromatic heterocycles. The fourth-order valence-corrected chi connectivity index (χ4v) is 2.45. The van der Waals surface area contributed by atoms with Gasteiger partial charge in [-0.15, -0.1) is 11.3 Å². The van der Waals surface area contributed by atoms with E-state index >= 15 is 0 Å². The number of hydrogen-bond acceptors (Lipinski definition) is 3. The van der Waals surface area contributed by atoms with E-state index < -0.39 is 0 Å². The molecule has 0 saturated carbocycles. The van der Waals surface area contributed by atoms with Crippen LogP contribution >= 0.6 is 11.3 Å². The second-order valence-electron chi connectivity index (χ2n) is 4.00. The van der Waals surface area contributed by atoms with E-state index in [-0.39, 0.29) is 6.04 Å². The number of unbranched alkanes of at least 4 members (excludes halogenated alkanes) is 3. The van der Waals surface area contributed by atoms with Crippen LogP contribution in [0.1, 0.15) is 62.7 Å². The lowest BCUT2D eigenvalue weighted by atomic mass is 10.1. The summed E-state index contributed by atoms with van der Waals surface area (Å²) in [6.07, 6.45) is 7.31. The normalized spacial score (nSPS) is 13.0. The van der Waals surface area contributed by atoms with Gasteiger partial charge in [0.2, 0.25) is 0 Å². The molecule has 0 aliphatic heterocycles. The molecule has 1 unspecified atom stereocenters. The SMILES string of the molecule is CCCCCCc1csc(C(N)CC)n1. The van der Waals surface area contributed by atoms with Gasteiger partial charge in [0.1, 0.15) is 5.01 Å². The topological polar surface area (TPSA) is 38.9 Å². The summed E-state index contributed by atoms with van der Waals surface area (Å²) >= 11 is 1.71. The molecule has 1 rings (SSSR count). The van der Waals surface area contributed by atoms with E-state index in [1.165, 1.54) is 31.4 Å². The molecule has 2 nitrogen and oxygen atoms in total. The van der Waals surface area contributed by atoms with Gasteiger partial charge < -0.3 is 5.73 Å². The molecule has 0 bridgehead atoms. The summed E-state index contributed by atoms with van der Waals surface area (Å²) in [6.45, 7) is 4.34. The largest absolute Gasteiger partial charge is 0.322 e. The Kier molecular flexibility index (Phi) is 5.88. The molecule has 86 valence electrons. The van der Waals surface area contributed by atoms with Crippen LogP contribution in [0, 0.1) is 0 Å². The van der Waals surface area contributed by atoms with E-state index in [2.05, 4.69) is 24.2 Å². The van der Waals surface area contributed by atoms with Crippen molar-refractivity contribution in [1.82, 2.24) is 4.98 Å². The number of aromatic nitrogens is 1. The fourth-order valence-electron chi connectivity index (χ4n) is 1.52. The highest BCUT2D eigenvalue weighted by molar-refractivity contribution is 7.09. The maximum absolute atomic E-state index is 5.93. The Morgan fingerprint density at radius 2 is 2.13 bits per heavy atom. The predicted octanol–water partition coefficient (Wildman–Crippen LogP) is 3.68. The summed E-state index contributed by atoms with van der Waals surface area (Å²) in [7, 11) is 0. The number of thiazole rings is 1. The second kappa shape index (κ2) is 6.96. The van der Waals surface area contributed by atoms with Crippen LogP contribution in [0.15, 0.2) is 5.38 Å². The molecule has 0 spiro atoms. The average Bonchev–Trinajstić information content (AvgIpc) is 2.72. The molecule has 1 heterocycles. The minimum Gasteiger partial charge on any atom is -0.322 e. The molecular weight excluding hydrogens is 204 g/mol. The third-order valence-corrected chi connectivity index (χ3v) is 3.64. The molecule has 2 N–H and O–H groups in total. The van der Waals surface area contributed by atoms with Gasteiger partial charge in [0.25, 0.3) is 0 Å². The molecular formula is C12H22N2S. The zero-order valence-corrected chi connectivity index (χ0v) is 10.6. The third-order valence-electron chi connectivity index (χ3n) is 2.61. The highest BCUT2D eigenvalue weighted by atomic mass is 32.1. The van der Waals surface area contributed by atoms with Gasteiger partial charge in [-0.1, -0.05) is 33.1 Å². The molecule has 0 radical (unpaired) electrons. The van der Waals surface area contributed by atoms with Crippen molar-refractivity contribution in [2.45, 2.75) is 58.4 Å². The van der Waals surface area contributed by atoms with Crippen LogP contribution in [-0.4, -0.2) is 4.98 Å². The van der Waals surface area contributed by atoms with Crippen molar-refractivity contribution < 1.29 is 0 Å². The number of hydrogen-bond donors (Lipinski definition) is 1. The van der Waals surface area contributed by atoms with E-state index in [1.54, 1.807) is 11.3 Å². The van der Waals surface area contributed by atoms with Gasteiger partial charge in [-0.2, -0.15) is 0 Å². The van der Waals surface area contributed by atoms with Crippen LogP contribution in [0.5, 0.6) is 0 Å². The minimum atomic E-state index is 0.138. The maximum Gasteiger partial charge on any atom is 0.110 e. The predicted molar refractivity (Wildman–Crippen MR) is 67.2 cm³/mol. The Morgan fingerprint density at radius 1 is 1.33 bits per heavy atom. The standard InChI is InChI=1S/C12H22N2S/c1-3-5-6-7-8-10-9-15-12(14-10)11(13)4-2/h9,11H,3-8,13H2,1-2H3. The van der Waals surface area contributed by atoms with Gasteiger partial charge in [0, 0.05) is 5.38 Å². The Labute approximate surface area is 96.9 Å². The lowest BCUT2D eigenvalue weighted by Gasteiger charge is -2.02. The van der Waals surface area contributed by atoms with Gasteiger partial charge in [-0.3, -0.25) is 0 Å². The molecule has 3 heteroatoms. The van der Waals surface area contributed by atoms with E-state index in [0.29, 0.717) is 0 Å². The summed E-state index contributed by atoms with van der Waals surface area (Å²) in [4.78, 5) is 4.57. The van der Waals surface area contributed by atoms with Crippen molar-refractivity contribution >= 4 is 11.3 Å². The zero-order chi connectivity index (χ0) is 11.1. The van der Waals surface area contributed by atoms with Gasteiger partial charge >= 0.3 is 0 Å². The third kappa shape index (κ3) is 4.31. The van der Waals surface area contributed by atoms with Crippen LogP contribution in [-0.2, 0) is 6.42 Å². The highest BCUT2D eigenvalue weighted by Gasteiger charge is 2.08. The first-order chi connectivity index (χ1) is 7.27. The molecule has 1 atom stereocenters. The van der Waals surface area contributed by atoms with Crippen molar-refractivity contribution in [3.05, 3.63) is 16.1 Å². The monoisotopic (exact) mass is 226 g/mol. The van der Waals surface area contributed by atoms with E-state index in [4.69, 9.17) is 5.73 Å². The fraction of sp³-hybridized carbons (Fsp3) is 0.750. The molecule has 0 aliphatic carbocycles. The van der Waals surface area contributed by atoms with Crippen LogP contribution in [0.25, 0.3) is 0 Å². The van der Waals surface area contributed by atoms with Gasteiger partial charge in [0.05, 0.1) is 11.7 Å². The molecule has 0 saturated heterocycles. The van der Waals surface area contributed by atoms with Crippen molar-refractivity contribution in [2.24, 2.45) is 5.73 Å². The van der Waals surface area contributed by atoms with Crippen molar-refractivity contribution in [3.63, 3.8) is 0 Å². The number of aryl methyl sites for hydroxylation is 1. The first-order valence-corrected chi connectivity index (χ1v) is 6.85. The Bertz CT molecular complexity index is 270. The number of nitrogens with zero attached hydrogens (tertiary/aromatic N) is 1. The summed E-state index contributed by atoms with van der Waals surface area (Å²) < 4.78 is 0. The quantitative estimate of drug-likeness (QED) is 0.720. The summed E-state index contributed by atoms with van der Waals surface area (Å²) in [6, 6.07) is 0.138. The van der Waals surface area contributed by atoms with Crippen LogP contribution < -0.4 is 5.73 Å². The van der Waals surface area contributed by atoms with E-state index in [1.807, 2.05) is 0 Å².